The number of hydrogen-bond acceptors (Lipinski definition) is 4. The number of ether oxygens (including phenoxy) is 1. The van der Waals surface area contributed by atoms with Crippen LogP contribution in [0.2, 0.25) is 5.02 Å². The van der Waals surface area contributed by atoms with Gasteiger partial charge in [-0.05, 0) is 37.0 Å². The van der Waals surface area contributed by atoms with Gasteiger partial charge in [-0.1, -0.05) is 41.9 Å². The first-order valence-electron chi connectivity index (χ1n) is 9.05. The fourth-order valence-electron chi connectivity index (χ4n) is 3.12. The highest BCUT2D eigenvalue weighted by atomic mass is 35.5. The summed E-state index contributed by atoms with van der Waals surface area (Å²) in [5.41, 5.74) is 7.43. The molecule has 0 spiro atoms. The first kappa shape index (κ1) is 17.9. The van der Waals surface area contributed by atoms with Gasteiger partial charge < -0.3 is 20.2 Å². The van der Waals surface area contributed by atoms with E-state index in [2.05, 4.69) is 5.32 Å². The number of hydrogen-bond donors (Lipinski definition) is 2. The number of furan rings is 1. The van der Waals surface area contributed by atoms with Crippen molar-refractivity contribution in [1.82, 2.24) is 5.32 Å². The van der Waals surface area contributed by atoms with Crippen LogP contribution in [0.5, 0.6) is 5.75 Å². The van der Waals surface area contributed by atoms with Crippen molar-refractivity contribution in [3.8, 4) is 5.75 Å². The highest BCUT2D eigenvalue weighted by Gasteiger charge is 2.29. The van der Waals surface area contributed by atoms with Crippen molar-refractivity contribution < 1.29 is 13.9 Å². The van der Waals surface area contributed by atoms with Gasteiger partial charge in [0.2, 0.25) is 0 Å². The Hall–Kier alpha value is -2.50. The number of nitrogens with one attached hydrogen (secondary N) is 1. The number of halogens is 1. The van der Waals surface area contributed by atoms with Gasteiger partial charge in [0.1, 0.15) is 17.9 Å². The molecule has 6 heteroatoms. The lowest BCUT2D eigenvalue weighted by molar-refractivity contribution is 0.0921. The Kier molecular flexibility index (Phi) is 5.05. The summed E-state index contributed by atoms with van der Waals surface area (Å²) in [4.78, 5) is 12.7. The zero-order valence-electron chi connectivity index (χ0n) is 14.8. The molecule has 1 amide bonds. The molecule has 1 heterocycles. The van der Waals surface area contributed by atoms with Crippen molar-refractivity contribution in [1.29, 1.82) is 0 Å². The molecule has 5 nitrogen and oxygen atoms in total. The fourth-order valence-corrected chi connectivity index (χ4v) is 3.31. The smallest absolute Gasteiger partial charge is 0.287 e. The third-order valence-corrected chi connectivity index (χ3v) is 5.15. The van der Waals surface area contributed by atoms with Crippen LogP contribution in [-0.4, -0.2) is 18.5 Å². The SMILES string of the molecule is NC(CNC(=O)c1oc2ccccc2c1COc1ccccc1Cl)C1CC1. The molecule has 140 valence electrons. The van der Waals surface area contributed by atoms with E-state index < -0.39 is 0 Å². The number of amides is 1. The first-order valence-corrected chi connectivity index (χ1v) is 9.43. The van der Waals surface area contributed by atoms with Crippen LogP contribution in [0.25, 0.3) is 11.0 Å². The second-order valence-corrected chi connectivity index (χ2v) is 7.24. The fraction of sp³-hybridized carbons (Fsp3) is 0.286. The molecule has 0 radical (unpaired) electrons. The molecule has 1 aliphatic rings. The summed E-state index contributed by atoms with van der Waals surface area (Å²) in [7, 11) is 0. The standard InChI is InChI=1S/C21H21ClN2O3/c22-16-6-2-4-8-19(16)26-12-15-14-5-1-3-7-18(14)27-20(15)21(25)24-11-17(23)13-9-10-13/h1-8,13,17H,9-12,23H2,(H,24,25). The molecule has 3 aromatic rings. The van der Waals surface area contributed by atoms with Crippen molar-refractivity contribution in [2.45, 2.75) is 25.5 Å². The van der Waals surface area contributed by atoms with Crippen LogP contribution in [0.3, 0.4) is 0 Å². The molecule has 0 aliphatic heterocycles. The summed E-state index contributed by atoms with van der Waals surface area (Å²) in [5, 5.41) is 4.26. The van der Waals surface area contributed by atoms with Crippen molar-refractivity contribution >= 4 is 28.5 Å². The van der Waals surface area contributed by atoms with Gasteiger partial charge in [-0.25, -0.2) is 0 Å². The summed E-state index contributed by atoms with van der Waals surface area (Å²) in [6.07, 6.45) is 2.27. The summed E-state index contributed by atoms with van der Waals surface area (Å²) in [6, 6.07) is 14.7. The molecule has 1 aromatic heterocycles. The zero-order chi connectivity index (χ0) is 18.8. The lowest BCUT2D eigenvalue weighted by Gasteiger charge is -2.12. The summed E-state index contributed by atoms with van der Waals surface area (Å²) >= 11 is 6.16. The molecule has 3 N–H and O–H groups in total. The Labute approximate surface area is 162 Å². The van der Waals surface area contributed by atoms with Crippen molar-refractivity contribution in [2.24, 2.45) is 11.7 Å². The molecule has 0 bridgehead atoms. The van der Waals surface area contributed by atoms with Crippen molar-refractivity contribution in [3.63, 3.8) is 0 Å². The Morgan fingerprint density at radius 3 is 2.74 bits per heavy atom. The second kappa shape index (κ2) is 7.62. The van der Waals surface area contributed by atoms with Crippen LogP contribution in [-0.2, 0) is 6.61 Å². The van der Waals surface area contributed by atoms with E-state index in [1.807, 2.05) is 36.4 Å². The Morgan fingerprint density at radius 2 is 1.96 bits per heavy atom. The quantitative estimate of drug-likeness (QED) is 0.642. The summed E-state index contributed by atoms with van der Waals surface area (Å²) < 4.78 is 11.7. The Morgan fingerprint density at radius 1 is 1.22 bits per heavy atom. The second-order valence-electron chi connectivity index (χ2n) is 6.84. The van der Waals surface area contributed by atoms with Crippen molar-refractivity contribution in [2.75, 3.05) is 6.54 Å². The Balaban J connectivity index is 1.56. The number of carbonyl (C=O) groups excluding carboxylic acids is 1. The maximum absolute atomic E-state index is 12.7. The molecule has 1 aliphatic carbocycles. The maximum Gasteiger partial charge on any atom is 0.287 e. The Bertz CT molecular complexity index is 965. The van der Waals surface area contributed by atoms with E-state index in [9.17, 15) is 4.79 Å². The van der Waals surface area contributed by atoms with E-state index in [0.29, 0.717) is 34.4 Å². The topological polar surface area (TPSA) is 77.5 Å². The van der Waals surface area contributed by atoms with Gasteiger partial charge >= 0.3 is 0 Å². The van der Waals surface area contributed by atoms with Gasteiger partial charge in [-0.2, -0.15) is 0 Å². The molecular formula is C21H21ClN2O3. The van der Waals surface area contributed by atoms with E-state index in [1.165, 1.54) is 0 Å². The monoisotopic (exact) mass is 384 g/mol. The number of fused-ring (bicyclic) bond motifs is 1. The molecule has 1 fully saturated rings. The third-order valence-electron chi connectivity index (χ3n) is 4.84. The number of nitrogens with two attached hydrogens (primary N) is 1. The maximum atomic E-state index is 12.7. The van der Waals surface area contributed by atoms with Crippen LogP contribution in [0, 0.1) is 5.92 Å². The molecule has 0 saturated heterocycles. The van der Waals surface area contributed by atoms with Gasteiger partial charge in [0.05, 0.1) is 5.02 Å². The molecular weight excluding hydrogens is 364 g/mol. The van der Waals surface area contributed by atoms with Crippen molar-refractivity contribution in [3.05, 3.63) is 64.9 Å². The van der Waals surface area contributed by atoms with E-state index in [0.717, 1.165) is 18.2 Å². The minimum atomic E-state index is -0.278. The predicted octanol–water partition coefficient (Wildman–Crippen LogP) is 4.13. The van der Waals surface area contributed by atoms with Crippen LogP contribution >= 0.6 is 11.6 Å². The van der Waals surface area contributed by atoms with Crippen LogP contribution < -0.4 is 15.8 Å². The van der Waals surface area contributed by atoms with Gasteiger partial charge in [-0.3, -0.25) is 4.79 Å². The average molecular weight is 385 g/mol. The number of para-hydroxylation sites is 2. The van der Waals surface area contributed by atoms with Gasteiger partial charge in [-0.15, -0.1) is 0 Å². The summed E-state index contributed by atoms with van der Waals surface area (Å²) in [6.45, 7) is 0.615. The normalized spacial score (nSPS) is 14.9. The molecule has 1 atom stereocenters. The molecule has 27 heavy (non-hydrogen) atoms. The van der Waals surface area contributed by atoms with Crippen LogP contribution in [0.1, 0.15) is 29.0 Å². The minimum Gasteiger partial charge on any atom is -0.487 e. The van der Waals surface area contributed by atoms with E-state index in [1.54, 1.807) is 12.1 Å². The molecule has 4 rings (SSSR count). The largest absolute Gasteiger partial charge is 0.487 e. The van der Waals surface area contributed by atoms with E-state index in [-0.39, 0.29) is 24.3 Å². The molecule has 1 unspecified atom stereocenters. The lowest BCUT2D eigenvalue weighted by atomic mass is 10.1. The highest BCUT2D eigenvalue weighted by molar-refractivity contribution is 6.32. The van der Waals surface area contributed by atoms with E-state index in [4.69, 9.17) is 26.5 Å². The predicted molar refractivity (Wildman–Crippen MR) is 105 cm³/mol. The third kappa shape index (κ3) is 3.94. The molecule has 1 saturated carbocycles. The van der Waals surface area contributed by atoms with Gasteiger partial charge in [0.25, 0.3) is 5.91 Å². The number of carbonyl (C=O) groups is 1. The number of benzene rings is 2. The van der Waals surface area contributed by atoms with Gasteiger partial charge in [0, 0.05) is 23.5 Å². The van der Waals surface area contributed by atoms with Crippen LogP contribution in [0.4, 0.5) is 0 Å². The highest BCUT2D eigenvalue weighted by Crippen LogP contribution is 2.32. The summed E-state index contributed by atoms with van der Waals surface area (Å²) in [5.74, 6) is 1.06. The zero-order valence-corrected chi connectivity index (χ0v) is 15.5. The minimum absolute atomic E-state index is 0.0128. The first-order chi connectivity index (χ1) is 13.1. The number of rotatable bonds is 7. The van der Waals surface area contributed by atoms with E-state index >= 15 is 0 Å². The van der Waals surface area contributed by atoms with Gasteiger partial charge in [0.15, 0.2) is 5.76 Å². The average Bonchev–Trinajstić information content (AvgIpc) is 3.47. The van der Waals surface area contributed by atoms with Crippen LogP contribution in [0.15, 0.2) is 52.9 Å². The molecule has 2 aromatic carbocycles. The lowest BCUT2D eigenvalue weighted by Crippen LogP contribution is -2.38.